The zero-order valence-electron chi connectivity index (χ0n) is 27.6. The van der Waals surface area contributed by atoms with Crippen molar-refractivity contribution >= 4 is 54.8 Å². The lowest BCUT2D eigenvalue weighted by atomic mass is 9.90. The second-order valence-electron chi connectivity index (χ2n) is 12.8. The first-order valence-electron chi connectivity index (χ1n) is 16.9. The van der Waals surface area contributed by atoms with Gasteiger partial charge in [-0.2, -0.15) is 10.5 Å². The molecule has 0 aliphatic heterocycles. The summed E-state index contributed by atoms with van der Waals surface area (Å²) in [5.41, 5.74) is 11.6. The van der Waals surface area contributed by atoms with E-state index in [1.165, 1.54) is 0 Å². The van der Waals surface area contributed by atoms with Crippen molar-refractivity contribution in [3.8, 4) is 51.2 Å². The van der Waals surface area contributed by atoms with Gasteiger partial charge in [0.2, 0.25) is 0 Å². The molecule has 0 N–H and O–H groups in total. The zero-order valence-corrected chi connectivity index (χ0v) is 27.6. The fourth-order valence-corrected chi connectivity index (χ4v) is 7.62. The lowest BCUT2D eigenvalue weighted by Gasteiger charge is -2.13. The van der Waals surface area contributed by atoms with Gasteiger partial charge in [-0.15, -0.1) is 0 Å². The number of hydrogen-bond acceptors (Lipinski definition) is 5. The number of para-hydroxylation sites is 2. The number of furan rings is 1. The maximum Gasteiger partial charge on any atom is 0.159 e. The van der Waals surface area contributed by atoms with E-state index in [0.29, 0.717) is 22.3 Å². The fourth-order valence-electron chi connectivity index (χ4n) is 7.62. The molecule has 0 spiro atoms. The molecule has 0 atom stereocenters. The van der Waals surface area contributed by atoms with Crippen LogP contribution in [0.3, 0.4) is 0 Å². The average Bonchev–Trinajstić information content (AvgIpc) is 3.74. The van der Waals surface area contributed by atoms with Gasteiger partial charge in [-0.25, -0.2) is 9.97 Å². The Morgan fingerprint density at radius 1 is 0.481 bits per heavy atom. The Morgan fingerprint density at radius 2 is 1.15 bits per heavy atom. The smallest absolute Gasteiger partial charge is 0.159 e. The summed E-state index contributed by atoms with van der Waals surface area (Å²) in [6.45, 7) is 0. The molecule has 6 heteroatoms. The quantitative estimate of drug-likeness (QED) is 0.187. The first-order valence-corrected chi connectivity index (χ1v) is 16.9. The molecule has 240 valence electrons. The van der Waals surface area contributed by atoms with Gasteiger partial charge in [0.25, 0.3) is 0 Å². The minimum Gasteiger partial charge on any atom is -0.456 e. The van der Waals surface area contributed by atoms with Crippen LogP contribution in [0, 0.1) is 22.7 Å². The van der Waals surface area contributed by atoms with Gasteiger partial charge < -0.3 is 8.98 Å². The van der Waals surface area contributed by atoms with Crippen molar-refractivity contribution in [3.63, 3.8) is 0 Å². The van der Waals surface area contributed by atoms with Crippen molar-refractivity contribution < 1.29 is 4.42 Å². The van der Waals surface area contributed by atoms with Crippen molar-refractivity contribution in [2.75, 3.05) is 0 Å². The Bertz CT molecular complexity index is 3100. The van der Waals surface area contributed by atoms with E-state index in [2.05, 4.69) is 93.4 Å². The third-order valence-electron chi connectivity index (χ3n) is 10.0. The SMILES string of the molecule is N#Cc1cc(-c2ccc(-c3ccnc4ncccc34)cc2)cc(C#N)c1-c1ccc(-n2c3ccccc3c3cc4c(cc32)oc2ccccc24)cc1. The number of rotatable bonds is 4. The second kappa shape index (κ2) is 11.5. The van der Waals surface area contributed by atoms with Gasteiger partial charge in [0.05, 0.1) is 34.3 Å². The third kappa shape index (κ3) is 4.49. The van der Waals surface area contributed by atoms with Crippen LogP contribution >= 0.6 is 0 Å². The lowest BCUT2D eigenvalue weighted by Crippen LogP contribution is -1.96. The predicted molar refractivity (Wildman–Crippen MR) is 207 cm³/mol. The Labute approximate surface area is 297 Å². The third-order valence-corrected chi connectivity index (χ3v) is 10.0. The summed E-state index contributed by atoms with van der Waals surface area (Å²) in [6.07, 6.45) is 3.51. The molecule has 52 heavy (non-hydrogen) atoms. The maximum absolute atomic E-state index is 10.4. The molecule has 0 unspecified atom stereocenters. The molecule has 6 nitrogen and oxygen atoms in total. The van der Waals surface area contributed by atoms with E-state index in [1.807, 2.05) is 72.8 Å². The number of benzene rings is 6. The summed E-state index contributed by atoms with van der Waals surface area (Å²) < 4.78 is 8.52. The van der Waals surface area contributed by atoms with E-state index in [1.54, 1.807) is 12.4 Å². The highest BCUT2D eigenvalue weighted by atomic mass is 16.3. The number of hydrogen-bond donors (Lipinski definition) is 0. The number of nitriles is 2. The first-order chi connectivity index (χ1) is 25.7. The maximum atomic E-state index is 10.4. The molecule has 6 aromatic carbocycles. The number of fused-ring (bicyclic) bond motifs is 7. The molecule has 0 saturated heterocycles. The van der Waals surface area contributed by atoms with Crippen LogP contribution in [0.4, 0.5) is 0 Å². The van der Waals surface area contributed by atoms with Crippen LogP contribution < -0.4 is 0 Å². The van der Waals surface area contributed by atoms with Crippen molar-refractivity contribution in [1.29, 1.82) is 10.5 Å². The van der Waals surface area contributed by atoms with Crippen LogP contribution in [-0.2, 0) is 0 Å². The van der Waals surface area contributed by atoms with Crippen LogP contribution in [-0.4, -0.2) is 14.5 Å². The first kappa shape index (κ1) is 29.4. The van der Waals surface area contributed by atoms with Crippen molar-refractivity contribution in [3.05, 3.63) is 163 Å². The highest BCUT2D eigenvalue weighted by molar-refractivity contribution is 6.17. The Kier molecular flexibility index (Phi) is 6.51. The topological polar surface area (TPSA) is 91.4 Å². The van der Waals surface area contributed by atoms with Crippen LogP contribution in [0.15, 0.2) is 156 Å². The number of pyridine rings is 2. The highest BCUT2D eigenvalue weighted by Gasteiger charge is 2.18. The van der Waals surface area contributed by atoms with E-state index in [9.17, 15) is 10.5 Å². The summed E-state index contributed by atoms with van der Waals surface area (Å²) >= 11 is 0. The Hall–Kier alpha value is -7.54. The predicted octanol–water partition coefficient (Wildman–Crippen LogP) is 11.4. The van der Waals surface area contributed by atoms with Crippen molar-refractivity contribution in [1.82, 2.24) is 14.5 Å². The molecule has 10 aromatic rings. The summed E-state index contributed by atoms with van der Waals surface area (Å²) in [5, 5.41) is 26.2. The van der Waals surface area contributed by atoms with Gasteiger partial charge in [0.1, 0.15) is 11.2 Å². The molecule has 0 amide bonds. The van der Waals surface area contributed by atoms with E-state index in [0.717, 1.165) is 82.6 Å². The van der Waals surface area contributed by atoms with Gasteiger partial charge in [-0.05, 0) is 88.5 Å². The zero-order chi connectivity index (χ0) is 34.8. The van der Waals surface area contributed by atoms with Gasteiger partial charge >= 0.3 is 0 Å². The fraction of sp³-hybridized carbons (Fsp3) is 0. The molecule has 4 aromatic heterocycles. The van der Waals surface area contributed by atoms with Gasteiger partial charge in [0, 0.05) is 56.6 Å². The molecule has 0 saturated carbocycles. The number of nitrogens with zero attached hydrogens (tertiary/aromatic N) is 5. The molecule has 4 heterocycles. The molecular formula is C46H25N5O. The largest absolute Gasteiger partial charge is 0.456 e. The summed E-state index contributed by atoms with van der Waals surface area (Å²) in [7, 11) is 0. The lowest BCUT2D eigenvalue weighted by molar-refractivity contribution is 0.669. The number of aromatic nitrogens is 3. The molecule has 0 radical (unpaired) electrons. The van der Waals surface area contributed by atoms with Crippen molar-refractivity contribution in [2.45, 2.75) is 0 Å². The molecule has 0 bridgehead atoms. The molecule has 0 aliphatic carbocycles. The minimum atomic E-state index is 0.446. The van der Waals surface area contributed by atoms with Gasteiger partial charge in [0.15, 0.2) is 5.65 Å². The van der Waals surface area contributed by atoms with Gasteiger partial charge in [-0.1, -0.05) is 72.8 Å². The average molecular weight is 664 g/mol. The monoisotopic (exact) mass is 663 g/mol. The van der Waals surface area contributed by atoms with Crippen LogP contribution in [0.5, 0.6) is 0 Å². The van der Waals surface area contributed by atoms with E-state index in [4.69, 9.17) is 4.42 Å². The molecule has 10 rings (SSSR count). The second-order valence-corrected chi connectivity index (χ2v) is 12.8. The summed E-state index contributed by atoms with van der Waals surface area (Å²) in [6, 6.07) is 51.5. The molecule has 0 fully saturated rings. The highest BCUT2D eigenvalue weighted by Crippen LogP contribution is 2.39. The molecular weight excluding hydrogens is 639 g/mol. The van der Waals surface area contributed by atoms with Crippen LogP contribution in [0.25, 0.3) is 93.8 Å². The standard InChI is InChI=1S/C46H25N5O/c47-26-32-22-31(28-11-13-29(14-12-28)35-19-21-50-46-38(35)8-5-20-49-46)23-33(27-48)45(32)30-15-17-34(18-16-30)51-41-9-3-1-6-36(41)39-24-40-37-7-2-4-10-43(37)52-44(40)25-42(39)51/h1-25H. The van der Waals surface area contributed by atoms with Crippen molar-refractivity contribution in [2.24, 2.45) is 0 Å². The summed E-state index contributed by atoms with van der Waals surface area (Å²) in [4.78, 5) is 8.77. The Morgan fingerprint density at radius 3 is 1.94 bits per heavy atom. The Balaban J connectivity index is 1.05. The van der Waals surface area contributed by atoms with Crippen LogP contribution in [0.1, 0.15) is 11.1 Å². The van der Waals surface area contributed by atoms with E-state index < -0.39 is 0 Å². The van der Waals surface area contributed by atoms with Gasteiger partial charge in [-0.3, -0.25) is 0 Å². The minimum absolute atomic E-state index is 0.446. The van der Waals surface area contributed by atoms with E-state index in [-0.39, 0.29) is 0 Å². The normalized spacial score (nSPS) is 11.4. The molecule has 0 aliphatic rings. The van der Waals surface area contributed by atoms with E-state index >= 15 is 0 Å². The van der Waals surface area contributed by atoms with Crippen LogP contribution in [0.2, 0.25) is 0 Å². The summed E-state index contributed by atoms with van der Waals surface area (Å²) in [5.74, 6) is 0.